The Balaban J connectivity index is 2.49. The van der Waals surface area contributed by atoms with Gasteiger partial charge in [0.05, 0.1) is 15.6 Å². The van der Waals surface area contributed by atoms with Gasteiger partial charge in [-0.2, -0.15) is 0 Å². The molecule has 0 radical (unpaired) electrons. The van der Waals surface area contributed by atoms with E-state index in [0.717, 1.165) is 18.9 Å². The molecule has 21 heavy (non-hydrogen) atoms. The van der Waals surface area contributed by atoms with Gasteiger partial charge in [0, 0.05) is 13.6 Å². The molecule has 0 aliphatic heterocycles. The third-order valence-electron chi connectivity index (χ3n) is 3.21. The molecule has 1 aromatic rings. The number of nitrogens with two attached hydrogens (primary N) is 1. The first kappa shape index (κ1) is 16.5. The molecule has 5 nitrogen and oxygen atoms in total. The molecule has 9 heteroatoms. The molecule has 0 saturated heterocycles. The number of carbonyl (C=O) groups is 1. The van der Waals surface area contributed by atoms with Gasteiger partial charge in [-0.15, -0.1) is 0 Å². The Bertz CT molecular complexity index is 705. The molecular weight excluding hydrogens is 342 g/mol. The summed E-state index contributed by atoms with van der Waals surface area (Å²) < 4.78 is 36.7. The Morgan fingerprint density at radius 1 is 1.43 bits per heavy atom. The van der Waals surface area contributed by atoms with Crippen LogP contribution in [0.15, 0.2) is 11.0 Å². The summed E-state index contributed by atoms with van der Waals surface area (Å²) in [4.78, 5) is 12.9. The molecule has 0 heterocycles. The van der Waals surface area contributed by atoms with Crippen molar-refractivity contribution in [3.63, 3.8) is 0 Å². The summed E-state index contributed by atoms with van der Waals surface area (Å²) in [5, 5.41) is 3.79. The Morgan fingerprint density at radius 2 is 2.00 bits per heavy atom. The minimum atomic E-state index is -4.35. The SMILES string of the molecule is CN(CC1CC1)C(=O)c1cc(F)c(Cl)c(S(N)(=O)=O)c1Cl. The highest BCUT2D eigenvalue weighted by Gasteiger charge is 2.30. The molecule has 1 fully saturated rings. The van der Waals surface area contributed by atoms with E-state index in [1.54, 1.807) is 7.05 Å². The number of amides is 1. The summed E-state index contributed by atoms with van der Waals surface area (Å²) in [7, 11) is -2.81. The number of nitrogens with zero attached hydrogens (tertiary/aromatic N) is 1. The van der Waals surface area contributed by atoms with Crippen LogP contribution in [0, 0.1) is 11.7 Å². The highest BCUT2D eigenvalue weighted by molar-refractivity contribution is 7.89. The van der Waals surface area contributed by atoms with Crippen molar-refractivity contribution < 1.29 is 17.6 Å². The van der Waals surface area contributed by atoms with Crippen LogP contribution in [0.5, 0.6) is 0 Å². The van der Waals surface area contributed by atoms with E-state index in [1.165, 1.54) is 4.90 Å². The van der Waals surface area contributed by atoms with Gasteiger partial charge in [0.25, 0.3) is 5.91 Å². The Labute approximate surface area is 131 Å². The van der Waals surface area contributed by atoms with E-state index in [1.807, 2.05) is 0 Å². The molecule has 2 rings (SSSR count). The quantitative estimate of drug-likeness (QED) is 0.842. The third-order valence-corrected chi connectivity index (χ3v) is 5.17. The van der Waals surface area contributed by atoms with Crippen molar-refractivity contribution in [3.05, 3.63) is 27.5 Å². The maximum absolute atomic E-state index is 13.8. The van der Waals surface area contributed by atoms with E-state index < -0.39 is 36.7 Å². The predicted octanol–water partition coefficient (Wildman–Crippen LogP) is 2.26. The van der Waals surface area contributed by atoms with Crippen LogP contribution in [0.2, 0.25) is 10.0 Å². The van der Waals surface area contributed by atoms with Gasteiger partial charge < -0.3 is 4.90 Å². The Morgan fingerprint density at radius 3 is 2.48 bits per heavy atom. The Kier molecular flexibility index (Phi) is 4.49. The molecule has 1 saturated carbocycles. The fourth-order valence-corrected chi connectivity index (χ4v) is 3.74. The monoisotopic (exact) mass is 354 g/mol. The molecular formula is C12H13Cl2FN2O3S. The molecule has 1 amide bonds. The summed E-state index contributed by atoms with van der Waals surface area (Å²) in [6.07, 6.45) is 2.06. The average Bonchev–Trinajstić information content (AvgIpc) is 3.15. The average molecular weight is 355 g/mol. The van der Waals surface area contributed by atoms with Crippen molar-refractivity contribution in [1.82, 2.24) is 4.90 Å². The van der Waals surface area contributed by atoms with Crippen LogP contribution in [0.25, 0.3) is 0 Å². The molecule has 1 aromatic carbocycles. The zero-order valence-electron chi connectivity index (χ0n) is 11.1. The smallest absolute Gasteiger partial charge is 0.255 e. The first-order valence-electron chi connectivity index (χ1n) is 6.08. The van der Waals surface area contributed by atoms with Crippen molar-refractivity contribution in [2.45, 2.75) is 17.7 Å². The summed E-state index contributed by atoms with van der Waals surface area (Å²) in [5.74, 6) is -1.21. The topological polar surface area (TPSA) is 80.5 Å². The minimum absolute atomic E-state index is 0.272. The van der Waals surface area contributed by atoms with Gasteiger partial charge in [-0.05, 0) is 24.8 Å². The maximum atomic E-state index is 13.8. The third kappa shape index (κ3) is 3.48. The second-order valence-electron chi connectivity index (χ2n) is 5.04. The van der Waals surface area contributed by atoms with E-state index in [0.29, 0.717) is 12.5 Å². The maximum Gasteiger partial charge on any atom is 0.255 e. The number of rotatable bonds is 4. The van der Waals surface area contributed by atoms with Crippen molar-refractivity contribution >= 4 is 39.1 Å². The standard InChI is InChI=1S/C12H13Cl2FN2O3S/c1-17(5-6-2-3-6)12(18)7-4-8(15)10(14)11(9(7)13)21(16,19)20/h4,6H,2-3,5H2,1H3,(H2,16,19,20). The van der Waals surface area contributed by atoms with Gasteiger partial charge in [0.15, 0.2) is 0 Å². The van der Waals surface area contributed by atoms with Gasteiger partial charge in [-0.3, -0.25) is 4.79 Å². The van der Waals surface area contributed by atoms with Crippen molar-refractivity contribution in [2.75, 3.05) is 13.6 Å². The summed E-state index contributed by atoms with van der Waals surface area (Å²) in [5.41, 5.74) is -0.272. The number of primary sulfonamides is 1. The van der Waals surface area contributed by atoms with E-state index in [2.05, 4.69) is 0 Å². The van der Waals surface area contributed by atoms with E-state index in [9.17, 15) is 17.6 Å². The lowest BCUT2D eigenvalue weighted by molar-refractivity contribution is 0.0788. The van der Waals surface area contributed by atoms with Gasteiger partial charge in [-0.25, -0.2) is 17.9 Å². The highest BCUT2D eigenvalue weighted by Crippen LogP contribution is 2.35. The first-order valence-corrected chi connectivity index (χ1v) is 8.39. The molecule has 0 spiro atoms. The zero-order chi connectivity index (χ0) is 15.9. The van der Waals surface area contributed by atoms with E-state index in [4.69, 9.17) is 28.3 Å². The number of benzene rings is 1. The second kappa shape index (κ2) is 5.72. The van der Waals surface area contributed by atoms with Crippen LogP contribution in [-0.2, 0) is 10.0 Å². The Hall–Kier alpha value is -0.890. The second-order valence-corrected chi connectivity index (χ2v) is 7.29. The van der Waals surface area contributed by atoms with Crippen LogP contribution >= 0.6 is 23.2 Å². The lowest BCUT2D eigenvalue weighted by atomic mass is 10.2. The van der Waals surface area contributed by atoms with Crippen LogP contribution in [0.1, 0.15) is 23.2 Å². The number of hydrogen-bond acceptors (Lipinski definition) is 3. The van der Waals surface area contributed by atoms with Gasteiger partial charge in [0.2, 0.25) is 10.0 Å². The lowest BCUT2D eigenvalue weighted by Crippen LogP contribution is -2.29. The van der Waals surface area contributed by atoms with Gasteiger partial charge in [0.1, 0.15) is 10.7 Å². The molecule has 0 atom stereocenters. The van der Waals surface area contributed by atoms with E-state index >= 15 is 0 Å². The number of carbonyl (C=O) groups excluding carboxylic acids is 1. The molecule has 0 aromatic heterocycles. The summed E-state index contributed by atoms with van der Waals surface area (Å²) in [6, 6.07) is 0.824. The molecule has 116 valence electrons. The van der Waals surface area contributed by atoms with Crippen molar-refractivity contribution in [2.24, 2.45) is 11.1 Å². The van der Waals surface area contributed by atoms with Crippen LogP contribution in [-0.4, -0.2) is 32.8 Å². The van der Waals surface area contributed by atoms with Crippen LogP contribution in [0.3, 0.4) is 0 Å². The fraction of sp³-hybridized carbons (Fsp3) is 0.417. The zero-order valence-corrected chi connectivity index (χ0v) is 13.4. The number of halogens is 3. The fourth-order valence-electron chi connectivity index (χ4n) is 1.96. The number of hydrogen-bond donors (Lipinski definition) is 1. The van der Waals surface area contributed by atoms with Gasteiger partial charge in [-0.1, -0.05) is 23.2 Å². The number of sulfonamides is 1. The highest BCUT2D eigenvalue weighted by atomic mass is 35.5. The molecule has 2 N–H and O–H groups in total. The first-order chi connectivity index (χ1) is 9.62. The summed E-state index contributed by atoms with van der Waals surface area (Å²) in [6.45, 7) is 0.504. The molecule has 0 bridgehead atoms. The molecule has 1 aliphatic rings. The predicted molar refractivity (Wildman–Crippen MR) is 77.5 cm³/mol. The molecule has 0 unspecified atom stereocenters. The lowest BCUT2D eigenvalue weighted by Gasteiger charge is -2.19. The largest absolute Gasteiger partial charge is 0.341 e. The normalized spacial score (nSPS) is 15.1. The summed E-state index contributed by atoms with van der Waals surface area (Å²) >= 11 is 11.5. The van der Waals surface area contributed by atoms with Crippen LogP contribution in [0.4, 0.5) is 4.39 Å². The van der Waals surface area contributed by atoms with Crippen LogP contribution < -0.4 is 5.14 Å². The molecule has 1 aliphatic carbocycles. The van der Waals surface area contributed by atoms with E-state index in [-0.39, 0.29) is 5.56 Å². The van der Waals surface area contributed by atoms with Crippen molar-refractivity contribution in [1.29, 1.82) is 0 Å². The van der Waals surface area contributed by atoms with Crippen molar-refractivity contribution in [3.8, 4) is 0 Å². The van der Waals surface area contributed by atoms with Gasteiger partial charge >= 0.3 is 0 Å². The minimum Gasteiger partial charge on any atom is -0.341 e.